The summed E-state index contributed by atoms with van der Waals surface area (Å²) in [6.45, 7) is 0.794. The summed E-state index contributed by atoms with van der Waals surface area (Å²) in [6, 6.07) is 11.3. The molecule has 0 bridgehead atoms. The van der Waals surface area contributed by atoms with Gasteiger partial charge in [0.1, 0.15) is 12.4 Å². The first kappa shape index (κ1) is 19.0. The number of carbonyl (C=O) groups is 1. The predicted molar refractivity (Wildman–Crippen MR) is 111 cm³/mol. The number of nitrogens with zero attached hydrogens (tertiary/aromatic N) is 3. The van der Waals surface area contributed by atoms with Crippen LogP contribution in [0, 0.1) is 5.82 Å². The van der Waals surface area contributed by atoms with Gasteiger partial charge in [0.05, 0.1) is 28.4 Å². The molecule has 2 aromatic carbocycles. The summed E-state index contributed by atoms with van der Waals surface area (Å²) in [6.07, 6.45) is 1.68. The first-order chi connectivity index (χ1) is 14.6. The van der Waals surface area contributed by atoms with E-state index in [-0.39, 0.29) is 24.4 Å². The number of fused-ring (bicyclic) bond motifs is 2. The van der Waals surface area contributed by atoms with Crippen molar-refractivity contribution in [3.05, 3.63) is 58.8 Å². The highest BCUT2D eigenvalue weighted by Crippen LogP contribution is 2.30. The first-order valence-corrected chi connectivity index (χ1v) is 10.5. The van der Waals surface area contributed by atoms with Crippen molar-refractivity contribution in [3.63, 3.8) is 0 Å². The van der Waals surface area contributed by atoms with Crippen LogP contribution in [0.5, 0.6) is 0 Å². The zero-order chi connectivity index (χ0) is 20.7. The lowest BCUT2D eigenvalue weighted by molar-refractivity contribution is -0.119. The van der Waals surface area contributed by atoms with Gasteiger partial charge in [-0.05, 0) is 43.2 Å². The summed E-state index contributed by atoms with van der Waals surface area (Å²) < 4.78 is 26.5. The molecule has 5 rings (SSSR count). The quantitative estimate of drug-likeness (QED) is 0.487. The van der Waals surface area contributed by atoms with Crippen LogP contribution in [-0.4, -0.2) is 34.7 Å². The Hall–Kier alpha value is -3.04. The molecule has 1 aliphatic heterocycles. The van der Waals surface area contributed by atoms with Crippen LogP contribution in [0.3, 0.4) is 0 Å². The van der Waals surface area contributed by atoms with Crippen molar-refractivity contribution in [1.82, 2.24) is 9.55 Å². The summed E-state index contributed by atoms with van der Waals surface area (Å²) in [5, 5.41) is 0.456. The van der Waals surface area contributed by atoms with E-state index in [2.05, 4.69) is 4.98 Å². The van der Waals surface area contributed by atoms with Gasteiger partial charge in [-0.25, -0.2) is 14.2 Å². The molecular formula is C21H18FN3O4S. The molecule has 4 aromatic rings. The Morgan fingerprint density at radius 2 is 2.17 bits per heavy atom. The average Bonchev–Trinajstić information content (AvgIpc) is 3.45. The second kappa shape index (κ2) is 7.66. The van der Waals surface area contributed by atoms with Crippen molar-refractivity contribution in [2.45, 2.75) is 25.5 Å². The van der Waals surface area contributed by atoms with E-state index in [0.717, 1.165) is 12.8 Å². The van der Waals surface area contributed by atoms with Gasteiger partial charge in [-0.3, -0.25) is 14.3 Å². The van der Waals surface area contributed by atoms with E-state index in [0.29, 0.717) is 39.6 Å². The van der Waals surface area contributed by atoms with Crippen molar-refractivity contribution in [2.75, 3.05) is 18.1 Å². The van der Waals surface area contributed by atoms with Crippen LogP contribution in [0.1, 0.15) is 12.8 Å². The summed E-state index contributed by atoms with van der Waals surface area (Å²) in [4.78, 5) is 31.7. The van der Waals surface area contributed by atoms with E-state index in [9.17, 15) is 14.0 Å². The zero-order valence-electron chi connectivity index (χ0n) is 15.9. The third-order valence-electron chi connectivity index (χ3n) is 5.15. The van der Waals surface area contributed by atoms with Gasteiger partial charge in [-0.1, -0.05) is 23.5 Å². The maximum Gasteiger partial charge on any atom is 0.420 e. The minimum atomic E-state index is -0.590. The fourth-order valence-electron chi connectivity index (χ4n) is 3.66. The van der Waals surface area contributed by atoms with Gasteiger partial charge >= 0.3 is 5.76 Å². The topological polar surface area (TPSA) is 77.6 Å². The minimum absolute atomic E-state index is 0.101. The maximum absolute atomic E-state index is 13.6. The number of aromatic nitrogens is 2. The Labute approximate surface area is 174 Å². The Bertz CT molecular complexity index is 1290. The molecule has 9 heteroatoms. The monoisotopic (exact) mass is 427 g/mol. The number of carbonyl (C=O) groups excluding carboxylic acids is 1. The number of hydrogen-bond acceptors (Lipinski definition) is 6. The largest absolute Gasteiger partial charge is 0.420 e. The number of oxazole rings is 1. The SMILES string of the molecule is O=C(Cn1c(=O)oc2ccccc21)N(CC1CCCO1)c1nc2ccc(F)cc2s1. The number of hydrogen-bond donors (Lipinski definition) is 0. The molecule has 1 unspecified atom stereocenters. The molecule has 1 saturated heterocycles. The Morgan fingerprint density at radius 3 is 3.00 bits per heavy atom. The molecule has 3 heterocycles. The number of amides is 1. The molecule has 1 amide bonds. The van der Waals surface area contributed by atoms with Crippen molar-refractivity contribution >= 4 is 43.7 Å². The molecular weight excluding hydrogens is 409 g/mol. The second-order valence-electron chi connectivity index (χ2n) is 7.17. The summed E-state index contributed by atoms with van der Waals surface area (Å²) in [5.41, 5.74) is 1.60. The molecule has 1 atom stereocenters. The second-order valence-corrected chi connectivity index (χ2v) is 8.18. The van der Waals surface area contributed by atoms with Gasteiger partial charge in [0.15, 0.2) is 10.7 Å². The van der Waals surface area contributed by atoms with Gasteiger partial charge in [0.2, 0.25) is 5.91 Å². The van der Waals surface area contributed by atoms with Gasteiger partial charge < -0.3 is 9.15 Å². The van der Waals surface area contributed by atoms with E-state index >= 15 is 0 Å². The molecule has 0 aliphatic carbocycles. The fraction of sp³-hybridized carbons (Fsp3) is 0.286. The van der Waals surface area contributed by atoms with E-state index < -0.39 is 5.76 Å². The molecule has 30 heavy (non-hydrogen) atoms. The summed E-state index contributed by atoms with van der Waals surface area (Å²) >= 11 is 1.24. The molecule has 0 N–H and O–H groups in total. The zero-order valence-corrected chi connectivity index (χ0v) is 16.7. The van der Waals surface area contributed by atoms with Gasteiger partial charge in [-0.2, -0.15) is 0 Å². The number of para-hydroxylation sites is 2. The molecule has 0 spiro atoms. The lowest BCUT2D eigenvalue weighted by Gasteiger charge is -2.23. The van der Waals surface area contributed by atoms with Crippen LogP contribution in [0.15, 0.2) is 51.7 Å². The smallest absolute Gasteiger partial charge is 0.408 e. The number of ether oxygens (including phenoxy) is 1. The van der Waals surface area contributed by atoms with Gasteiger partial charge in [0.25, 0.3) is 0 Å². The molecule has 1 fully saturated rings. The molecule has 154 valence electrons. The lowest BCUT2D eigenvalue weighted by Crippen LogP contribution is -2.40. The molecule has 2 aromatic heterocycles. The maximum atomic E-state index is 13.6. The Balaban J connectivity index is 1.50. The number of halogens is 1. The normalized spacial score (nSPS) is 16.5. The van der Waals surface area contributed by atoms with Crippen molar-refractivity contribution in [2.24, 2.45) is 0 Å². The lowest BCUT2D eigenvalue weighted by atomic mass is 10.2. The van der Waals surface area contributed by atoms with Gasteiger partial charge in [0, 0.05) is 6.61 Å². The van der Waals surface area contributed by atoms with E-state index in [1.807, 2.05) is 0 Å². The van der Waals surface area contributed by atoms with Crippen LogP contribution in [0.25, 0.3) is 21.3 Å². The van der Waals surface area contributed by atoms with E-state index in [1.54, 1.807) is 30.3 Å². The minimum Gasteiger partial charge on any atom is -0.408 e. The van der Waals surface area contributed by atoms with Gasteiger partial charge in [-0.15, -0.1) is 0 Å². The molecule has 1 aliphatic rings. The van der Waals surface area contributed by atoms with Crippen molar-refractivity contribution in [3.8, 4) is 0 Å². The average molecular weight is 427 g/mol. The van der Waals surface area contributed by atoms with Crippen LogP contribution >= 0.6 is 11.3 Å². The van der Waals surface area contributed by atoms with Crippen LogP contribution in [0.2, 0.25) is 0 Å². The number of benzene rings is 2. The molecule has 0 radical (unpaired) electrons. The highest BCUT2D eigenvalue weighted by molar-refractivity contribution is 7.22. The van der Waals surface area contributed by atoms with Crippen molar-refractivity contribution in [1.29, 1.82) is 0 Å². The fourth-order valence-corrected chi connectivity index (χ4v) is 4.68. The highest BCUT2D eigenvalue weighted by Gasteiger charge is 2.27. The van der Waals surface area contributed by atoms with Crippen LogP contribution in [0.4, 0.5) is 9.52 Å². The number of rotatable bonds is 5. The van der Waals surface area contributed by atoms with Crippen molar-refractivity contribution < 1.29 is 18.3 Å². The first-order valence-electron chi connectivity index (χ1n) is 9.65. The summed E-state index contributed by atoms with van der Waals surface area (Å²) in [5.74, 6) is -1.25. The Morgan fingerprint density at radius 1 is 1.30 bits per heavy atom. The highest BCUT2D eigenvalue weighted by atomic mass is 32.1. The third-order valence-corrected chi connectivity index (χ3v) is 6.19. The number of anilines is 1. The predicted octanol–water partition coefficient (Wildman–Crippen LogP) is 3.56. The standard InChI is InChI=1S/C21H18FN3O4S/c22-13-7-8-15-18(10-13)30-20(23-15)25(11-14-4-3-9-28-14)19(26)12-24-16-5-1-2-6-17(16)29-21(24)27/h1-2,5-8,10,14H,3-4,9,11-12H2. The van der Waals surface area contributed by atoms with E-state index in [1.165, 1.54) is 32.9 Å². The molecule has 0 saturated carbocycles. The van der Waals surface area contributed by atoms with E-state index in [4.69, 9.17) is 9.15 Å². The number of thiazole rings is 1. The van der Waals surface area contributed by atoms with Crippen LogP contribution in [-0.2, 0) is 16.1 Å². The third kappa shape index (κ3) is 3.50. The summed E-state index contributed by atoms with van der Waals surface area (Å²) in [7, 11) is 0. The van der Waals surface area contributed by atoms with Crippen LogP contribution < -0.4 is 10.7 Å². The Kier molecular flexibility index (Phi) is 4.84. The molecule has 7 nitrogen and oxygen atoms in total.